The Bertz CT molecular complexity index is 957. The number of carbonyl (C=O) groups is 3. The number of esters is 1. The highest BCUT2D eigenvalue weighted by Crippen LogP contribution is 2.33. The van der Waals surface area contributed by atoms with Gasteiger partial charge in [0.2, 0.25) is 0 Å². The van der Waals surface area contributed by atoms with Crippen LogP contribution in [0.5, 0.6) is 0 Å². The summed E-state index contributed by atoms with van der Waals surface area (Å²) in [7, 11) is 1.29. The SMILES string of the molecule is COCO[C@@H]1[C@@H](OC(C)=O)[C@H](N=[N+]=[N-])C[C@H](N=[N+]=[N-])[C@H]1O[C@@H](O[C@@H](C=O)CN=[N+]=[N-])[C@@H](C=O)N=[N+]=[N-]. The monoisotopic (exact) mass is 510 g/mol. The number of aldehydes is 2. The molecule has 20 nitrogen and oxygen atoms in total. The summed E-state index contributed by atoms with van der Waals surface area (Å²) >= 11 is 0. The highest BCUT2D eigenvalue weighted by molar-refractivity contribution is 5.66. The summed E-state index contributed by atoms with van der Waals surface area (Å²) in [5.41, 5.74) is 35.4. The smallest absolute Gasteiger partial charge is 0.303 e. The van der Waals surface area contributed by atoms with E-state index in [9.17, 15) is 14.4 Å². The van der Waals surface area contributed by atoms with Crippen molar-refractivity contribution in [1.82, 2.24) is 0 Å². The molecule has 1 aliphatic rings. The molecular weight excluding hydrogens is 488 g/mol. The molecule has 0 aliphatic heterocycles. The molecule has 1 saturated carbocycles. The van der Waals surface area contributed by atoms with E-state index in [1.807, 2.05) is 0 Å². The van der Waals surface area contributed by atoms with Crippen LogP contribution < -0.4 is 0 Å². The van der Waals surface area contributed by atoms with E-state index in [0.717, 1.165) is 6.92 Å². The van der Waals surface area contributed by atoms with Crippen molar-refractivity contribution in [3.05, 3.63) is 41.8 Å². The molecule has 1 fully saturated rings. The third-order valence-corrected chi connectivity index (χ3v) is 4.65. The van der Waals surface area contributed by atoms with Crippen LogP contribution in [0, 0.1) is 0 Å². The molecule has 0 spiro atoms. The Labute approximate surface area is 202 Å². The molecule has 0 heterocycles. The summed E-state index contributed by atoms with van der Waals surface area (Å²) < 4.78 is 27.1. The van der Waals surface area contributed by atoms with Crippen molar-refractivity contribution in [3.63, 3.8) is 0 Å². The molecule has 0 radical (unpaired) electrons. The lowest BCUT2D eigenvalue weighted by Crippen LogP contribution is -2.60. The molecule has 0 unspecified atom stereocenters. The lowest BCUT2D eigenvalue weighted by molar-refractivity contribution is -0.252. The van der Waals surface area contributed by atoms with Crippen LogP contribution >= 0.6 is 0 Å². The van der Waals surface area contributed by atoms with Crippen molar-refractivity contribution in [2.24, 2.45) is 20.5 Å². The summed E-state index contributed by atoms with van der Waals surface area (Å²) in [5.74, 6) is -0.770. The second-order valence-electron chi connectivity index (χ2n) is 6.92. The van der Waals surface area contributed by atoms with Gasteiger partial charge in [0.1, 0.15) is 43.7 Å². The molecule has 36 heavy (non-hydrogen) atoms. The van der Waals surface area contributed by atoms with E-state index >= 15 is 0 Å². The van der Waals surface area contributed by atoms with E-state index in [-0.39, 0.29) is 25.8 Å². The van der Waals surface area contributed by atoms with E-state index < -0.39 is 61.3 Å². The minimum Gasteiger partial charge on any atom is -0.459 e. The Kier molecular flexibility index (Phi) is 13.7. The maximum absolute atomic E-state index is 11.8. The van der Waals surface area contributed by atoms with Gasteiger partial charge in [0.25, 0.3) is 0 Å². The molecular formula is C16H22N12O8. The van der Waals surface area contributed by atoms with Crippen LogP contribution in [-0.4, -0.2) is 87.8 Å². The second kappa shape index (κ2) is 16.5. The Morgan fingerprint density at radius 2 is 1.67 bits per heavy atom. The Balaban J connectivity index is 3.57. The molecule has 0 aromatic rings. The summed E-state index contributed by atoms with van der Waals surface area (Å²) in [6.45, 7) is 0.210. The standard InChI is InChI=1S/C16H22N12O8/c1-8(31)34-13-10(22-26-18)3-11(23-27-19)14(15(13)33-7-32-2)36-16(12(6-30)24-28-20)35-9(5-29)4-21-25-17/h5-6,9-16H,3-4,7H2,1-2H3/t9-,10-,11+,12-,13+,14-,15-,16-/m1/s1. The number of carbonyl (C=O) groups excluding carboxylic acids is 3. The number of nitrogens with zero attached hydrogens (tertiary/aromatic N) is 12. The lowest BCUT2D eigenvalue weighted by Gasteiger charge is -2.44. The molecule has 194 valence electrons. The van der Waals surface area contributed by atoms with E-state index in [1.165, 1.54) is 7.11 Å². The van der Waals surface area contributed by atoms with Crippen molar-refractivity contribution in [3.8, 4) is 0 Å². The Morgan fingerprint density at radius 1 is 1.00 bits per heavy atom. The zero-order valence-electron chi connectivity index (χ0n) is 19.0. The van der Waals surface area contributed by atoms with Gasteiger partial charge in [-0.3, -0.25) is 4.79 Å². The van der Waals surface area contributed by atoms with Crippen molar-refractivity contribution in [2.45, 2.75) is 62.2 Å². The van der Waals surface area contributed by atoms with Crippen LogP contribution in [0.4, 0.5) is 0 Å². The highest BCUT2D eigenvalue weighted by Gasteiger charge is 2.49. The second-order valence-corrected chi connectivity index (χ2v) is 6.92. The fourth-order valence-electron chi connectivity index (χ4n) is 3.30. The van der Waals surface area contributed by atoms with E-state index in [1.54, 1.807) is 0 Å². The summed E-state index contributed by atoms with van der Waals surface area (Å²) in [5, 5.41) is 13.7. The molecule has 0 saturated heterocycles. The lowest BCUT2D eigenvalue weighted by atomic mass is 9.84. The highest BCUT2D eigenvalue weighted by atomic mass is 16.7. The third kappa shape index (κ3) is 8.92. The van der Waals surface area contributed by atoms with Crippen molar-refractivity contribution < 1.29 is 38.1 Å². The third-order valence-electron chi connectivity index (χ3n) is 4.65. The van der Waals surface area contributed by atoms with Gasteiger partial charge < -0.3 is 33.3 Å². The van der Waals surface area contributed by atoms with Gasteiger partial charge in [-0.15, -0.1) is 0 Å². The predicted molar refractivity (Wildman–Crippen MR) is 115 cm³/mol. The van der Waals surface area contributed by atoms with Crippen LogP contribution in [-0.2, 0) is 38.1 Å². The number of methoxy groups -OCH3 is 1. The molecule has 1 aliphatic carbocycles. The first-order valence-electron chi connectivity index (χ1n) is 10.0. The summed E-state index contributed by atoms with van der Waals surface area (Å²) in [6, 6.07) is -3.89. The van der Waals surface area contributed by atoms with Crippen LogP contribution in [0.15, 0.2) is 20.5 Å². The van der Waals surface area contributed by atoms with Gasteiger partial charge in [-0.25, -0.2) is 0 Å². The van der Waals surface area contributed by atoms with Gasteiger partial charge in [-0.1, -0.05) is 20.5 Å². The average Bonchev–Trinajstić information content (AvgIpc) is 2.86. The van der Waals surface area contributed by atoms with Gasteiger partial charge in [0.15, 0.2) is 6.29 Å². The molecule has 0 aromatic heterocycles. The van der Waals surface area contributed by atoms with Crippen molar-refractivity contribution in [1.29, 1.82) is 0 Å². The minimum atomic E-state index is -1.79. The number of ether oxygens (including phenoxy) is 5. The van der Waals surface area contributed by atoms with E-state index in [0.29, 0.717) is 0 Å². The molecule has 8 atom stereocenters. The Hall–Kier alpha value is -4.11. The van der Waals surface area contributed by atoms with Crippen LogP contribution in [0.1, 0.15) is 13.3 Å². The predicted octanol–water partition coefficient (Wildman–Crippen LogP) is 2.15. The van der Waals surface area contributed by atoms with E-state index in [4.69, 9.17) is 45.8 Å². The average molecular weight is 510 g/mol. The largest absolute Gasteiger partial charge is 0.459 e. The normalized spacial score (nSPS) is 25.2. The number of hydrogen-bond donors (Lipinski definition) is 0. The first-order chi connectivity index (χ1) is 17.4. The topological polar surface area (TPSA) is 292 Å². The Morgan fingerprint density at radius 3 is 2.17 bits per heavy atom. The quantitative estimate of drug-likeness (QED) is 0.0737. The summed E-state index contributed by atoms with van der Waals surface area (Å²) in [4.78, 5) is 45.3. The molecule has 0 N–H and O–H groups in total. The van der Waals surface area contributed by atoms with Gasteiger partial charge in [0.05, 0.1) is 24.7 Å². The van der Waals surface area contributed by atoms with Gasteiger partial charge in [-0.05, 0) is 28.5 Å². The van der Waals surface area contributed by atoms with Crippen molar-refractivity contribution in [2.75, 3.05) is 20.4 Å². The van der Waals surface area contributed by atoms with Gasteiger partial charge >= 0.3 is 5.97 Å². The fraction of sp³-hybridized carbons (Fsp3) is 0.812. The first kappa shape index (κ1) is 29.9. The first-order valence-corrected chi connectivity index (χ1v) is 10.0. The number of hydrogen-bond acceptors (Lipinski definition) is 12. The van der Waals surface area contributed by atoms with Gasteiger partial charge in [-0.2, -0.15) is 0 Å². The van der Waals surface area contributed by atoms with Crippen LogP contribution in [0.25, 0.3) is 41.8 Å². The maximum Gasteiger partial charge on any atom is 0.303 e. The van der Waals surface area contributed by atoms with Gasteiger partial charge in [0, 0.05) is 33.7 Å². The zero-order chi connectivity index (χ0) is 26.9. The number of azide groups is 4. The molecule has 0 aromatic carbocycles. The minimum absolute atomic E-state index is 0.169. The molecule has 1 rings (SSSR count). The molecule has 0 amide bonds. The summed E-state index contributed by atoms with van der Waals surface area (Å²) in [6.07, 6.45) is -6.96. The zero-order valence-corrected chi connectivity index (χ0v) is 19.0. The molecule has 20 heteroatoms. The molecule has 0 bridgehead atoms. The van der Waals surface area contributed by atoms with Crippen molar-refractivity contribution >= 4 is 18.5 Å². The fourth-order valence-corrected chi connectivity index (χ4v) is 3.30. The van der Waals surface area contributed by atoms with Crippen LogP contribution in [0.2, 0.25) is 0 Å². The number of rotatable bonds is 16. The van der Waals surface area contributed by atoms with Crippen LogP contribution in [0.3, 0.4) is 0 Å². The maximum atomic E-state index is 11.8. The van der Waals surface area contributed by atoms with E-state index in [2.05, 4.69) is 40.1 Å².